The fourth-order valence-electron chi connectivity index (χ4n) is 1.92. The first-order chi connectivity index (χ1) is 7.77. The summed E-state index contributed by atoms with van der Waals surface area (Å²) in [4.78, 5) is 12.7. The van der Waals surface area contributed by atoms with Crippen LogP contribution in [0.5, 0.6) is 0 Å². The van der Waals surface area contributed by atoms with E-state index < -0.39 is 0 Å². The number of imidazole rings is 1. The van der Waals surface area contributed by atoms with Crippen molar-refractivity contribution in [1.82, 2.24) is 19.5 Å². The number of halogens is 1. The molecule has 0 saturated heterocycles. The maximum Gasteiger partial charge on any atom is 0.132 e. The molecule has 2 aromatic rings. The van der Waals surface area contributed by atoms with Crippen LogP contribution in [-0.2, 0) is 7.05 Å². The van der Waals surface area contributed by atoms with Gasteiger partial charge >= 0.3 is 0 Å². The molecule has 1 aliphatic rings. The molecular formula is C11H11BrN4. The van der Waals surface area contributed by atoms with E-state index in [9.17, 15) is 0 Å². The van der Waals surface area contributed by atoms with Gasteiger partial charge in [0.25, 0.3) is 0 Å². The van der Waals surface area contributed by atoms with Crippen molar-refractivity contribution in [3.8, 4) is 11.3 Å². The van der Waals surface area contributed by atoms with E-state index in [-0.39, 0.29) is 0 Å². The lowest BCUT2D eigenvalue weighted by atomic mass is 10.2. The lowest BCUT2D eigenvalue weighted by molar-refractivity contribution is 0.804. The minimum atomic E-state index is 0.639. The molecule has 82 valence electrons. The molecule has 0 unspecified atom stereocenters. The minimum absolute atomic E-state index is 0.639. The average Bonchev–Trinajstić information content (AvgIpc) is 3.07. The number of hydrogen-bond donors (Lipinski definition) is 0. The van der Waals surface area contributed by atoms with Gasteiger partial charge in [0.2, 0.25) is 0 Å². The monoisotopic (exact) mass is 278 g/mol. The molecule has 4 nitrogen and oxygen atoms in total. The normalized spacial score (nSPS) is 15.4. The first-order valence-electron chi connectivity index (χ1n) is 5.25. The third-order valence-electron chi connectivity index (χ3n) is 2.86. The van der Waals surface area contributed by atoms with Crippen LogP contribution < -0.4 is 0 Å². The Hall–Kier alpha value is -1.23. The summed E-state index contributed by atoms with van der Waals surface area (Å²) < 4.78 is 3.02. The van der Waals surface area contributed by atoms with E-state index in [0.29, 0.717) is 5.92 Å². The van der Waals surface area contributed by atoms with Crippen molar-refractivity contribution in [3.63, 3.8) is 0 Å². The highest BCUT2D eigenvalue weighted by Crippen LogP contribution is 2.42. The number of aromatic nitrogens is 4. The molecule has 3 rings (SSSR count). The Kier molecular flexibility index (Phi) is 2.28. The molecule has 0 amide bonds. The van der Waals surface area contributed by atoms with Crippen LogP contribution >= 0.6 is 15.9 Å². The molecule has 16 heavy (non-hydrogen) atoms. The van der Waals surface area contributed by atoms with E-state index in [0.717, 1.165) is 21.7 Å². The molecular weight excluding hydrogens is 268 g/mol. The first-order valence-corrected chi connectivity index (χ1v) is 6.04. The molecule has 1 fully saturated rings. The summed E-state index contributed by atoms with van der Waals surface area (Å²) in [7, 11) is 2.05. The molecule has 0 aliphatic heterocycles. The van der Waals surface area contributed by atoms with E-state index in [2.05, 4.69) is 35.4 Å². The SMILES string of the molecule is Cn1c(C2CC2)nc(Br)c1-c1cncnc1. The molecule has 0 atom stereocenters. The van der Waals surface area contributed by atoms with Crippen molar-refractivity contribution in [3.05, 3.63) is 29.1 Å². The minimum Gasteiger partial charge on any atom is -0.330 e. The molecule has 0 radical (unpaired) electrons. The van der Waals surface area contributed by atoms with Crippen molar-refractivity contribution in [2.75, 3.05) is 0 Å². The zero-order valence-electron chi connectivity index (χ0n) is 8.89. The largest absolute Gasteiger partial charge is 0.330 e. The second-order valence-corrected chi connectivity index (χ2v) is 4.82. The summed E-state index contributed by atoms with van der Waals surface area (Å²) in [6, 6.07) is 0. The summed E-state index contributed by atoms with van der Waals surface area (Å²) in [5.74, 6) is 1.80. The third kappa shape index (κ3) is 1.55. The van der Waals surface area contributed by atoms with E-state index in [4.69, 9.17) is 0 Å². The van der Waals surface area contributed by atoms with Gasteiger partial charge in [0, 0.05) is 30.9 Å². The van der Waals surface area contributed by atoms with E-state index in [1.807, 2.05) is 19.4 Å². The Balaban J connectivity index is 2.13. The van der Waals surface area contributed by atoms with Gasteiger partial charge in [-0.1, -0.05) is 0 Å². The highest BCUT2D eigenvalue weighted by molar-refractivity contribution is 9.10. The van der Waals surface area contributed by atoms with Gasteiger partial charge in [0.1, 0.15) is 16.8 Å². The predicted molar refractivity (Wildman–Crippen MR) is 63.9 cm³/mol. The van der Waals surface area contributed by atoms with Crippen LogP contribution in [-0.4, -0.2) is 19.5 Å². The van der Waals surface area contributed by atoms with Crippen LogP contribution in [0.25, 0.3) is 11.3 Å². The molecule has 2 aromatic heterocycles. The van der Waals surface area contributed by atoms with Crippen LogP contribution in [0.3, 0.4) is 0 Å². The van der Waals surface area contributed by atoms with Crippen LogP contribution in [0.1, 0.15) is 24.6 Å². The smallest absolute Gasteiger partial charge is 0.132 e. The van der Waals surface area contributed by atoms with Gasteiger partial charge in [0.05, 0.1) is 5.69 Å². The Morgan fingerprint density at radius 1 is 1.31 bits per heavy atom. The molecule has 1 saturated carbocycles. The maximum absolute atomic E-state index is 4.57. The topological polar surface area (TPSA) is 43.6 Å². The Morgan fingerprint density at radius 2 is 2.00 bits per heavy atom. The highest BCUT2D eigenvalue weighted by atomic mass is 79.9. The van der Waals surface area contributed by atoms with E-state index in [1.54, 1.807) is 0 Å². The molecule has 1 aliphatic carbocycles. The number of nitrogens with zero attached hydrogens (tertiary/aromatic N) is 4. The fourth-order valence-corrected chi connectivity index (χ4v) is 2.60. The van der Waals surface area contributed by atoms with Crippen LogP contribution in [0.15, 0.2) is 23.3 Å². The van der Waals surface area contributed by atoms with Crippen molar-refractivity contribution < 1.29 is 0 Å². The van der Waals surface area contributed by atoms with Crippen LogP contribution in [0.2, 0.25) is 0 Å². The molecule has 0 spiro atoms. The predicted octanol–water partition coefficient (Wildman–Crippen LogP) is 2.52. The summed E-state index contributed by atoms with van der Waals surface area (Å²) in [5.41, 5.74) is 2.05. The summed E-state index contributed by atoms with van der Waals surface area (Å²) in [5, 5.41) is 0. The third-order valence-corrected chi connectivity index (χ3v) is 3.42. The quantitative estimate of drug-likeness (QED) is 0.848. The number of hydrogen-bond acceptors (Lipinski definition) is 3. The molecule has 0 bridgehead atoms. The Labute approximate surface area is 102 Å². The summed E-state index contributed by atoms with van der Waals surface area (Å²) >= 11 is 3.51. The second kappa shape index (κ2) is 3.66. The van der Waals surface area contributed by atoms with Gasteiger partial charge in [-0.25, -0.2) is 15.0 Å². The first kappa shape index (κ1) is 9.96. The van der Waals surface area contributed by atoms with Crippen molar-refractivity contribution in [2.24, 2.45) is 7.05 Å². The Bertz CT molecular complexity index is 516. The number of rotatable bonds is 2. The van der Waals surface area contributed by atoms with Crippen molar-refractivity contribution >= 4 is 15.9 Å². The van der Waals surface area contributed by atoms with E-state index >= 15 is 0 Å². The second-order valence-electron chi connectivity index (χ2n) is 4.07. The zero-order chi connectivity index (χ0) is 11.1. The van der Waals surface area contributed by atoms with Crippen LogP contribution in [0.4, 0.5) is 0 Å². The zero-order valence-corrected chi connectivity index (χ0v) is 10.5. The standard InChI is InChI=1S/C11H11BrN4/c1-16-9(8-4-13-6-14-5-8)10(12)15-11(16)7-2-3-7/h4-7H,2-3H2,1H3. The molecule has 0 N–H and O–H groups in total. The molecule has 2 heterocycles. The van der Waals surface area contributed by atoms with Gasteiger partial charge in [-0.3, -0.25) is 0 Å². The van der Waals surface area contributed by atoms with Gasteiger partial charge < -0.3 is 4.57 Å². The lowest BCUT2D eigenvalue weighted by Crippen LogP contribution is -1.98. The van der Waals surface area contributed by atoms with Gasteiger partial charge in [0.15, 0.2) is 0 Å². The van der Waals surface area contributed by atoms with E-state index in [1.165, 1.54) is 19.2 Å². The van der Waals surface area contributed by atoms with Crippen molar-refractivity contribution in [1.29, 1.82) is 0 Å². The maximum atomic E-state index is 4.57. The summed E-state index contributed by atoms with van der Waals surface area (Å²) in [6.07, 6.45) is 7.66. The lowest BCUT2D eigenvalue weighted by Gasteiger charge is -2.04. The average molecular weight is 279 g/mol. The highest BCUT2D eigenvalue weighted by Gasteiger charge is 2.30. The van der Waals surface area contributed by atoms with Crippen molar-refractivity contribution in [2.45, 2.75) is 18.8 Å². The fraction of sp³-hybridized carbons (Fsp3) is 0.364. The van der Waals surface area contributed by atoms with Gasteiger partial charge in [-0.05, 0) is 28.8 Å². The van der Waals surface area contributed by atoms with Gasteiger partial charge in [-0.15, -0.1) is 0 Å². The van der Waals surface area contributed by atoms with Gasteiger partial charge in [-0.2, -0.15) is 0 Å². The van der Waals surface area contributed by atoms with Crippen LogP contribution in [0, 0.1) is 0 Å². The Morgan fingerprint density at radius 3 is 2.62 bits per heavy atom. The summed E-state index contributed by atoms with van der Waals surface area (Å²) in [6.45, 7) is 0. The molecule has 5 heteroatoms. The molecule has 0 aromatic carbocycles.